The highest BCUT2D eigenvalue weighted by molar-refractivity contribution is 7.99. The van der Waals surface area contributed by atoms with E-state index in [0.29, 0.717) is 59.2 Å². The molecule has 2 aliphatic rings. The number of nitrogens with two attached hydrogens (primary N) is 7. The van der Waals surface area contributed by atoms with E-state index in [1.807, 2.05) is 30.3 Å². The largest absolute Gasteiger partial charge is 0.492 e. The third-order valence-corrected chi connectivity index (χ3v) is 24.4. The van der Waals surface area contributed by atoms with Gasteiger partial charge in [0.15, 0.2) is 28.9 Å². The van der Waals surface area contributed by atoms with Gasteiger partial charge < -0.3 is 108 Å². The van der Waals surface area contributed by atoms with Gasteiger partial charge in [0.25, 0.3) is 0 Å². The molecule has 0 aliphatic carbocycles. The van der Waals surface area contributed by atoms with Crippen molar-refractivity contribution in [1.29, 1.82) is 5.41 Å². The number of aliphatic hydroxyl groups excluding tert-OH is 1. The van der Waals surface area contributed by atoms with Crippen LogP contribution in [0.2, 0.25) is 0 Å². The Labute approximate surface area is 763 Å². The summed E-state index contributed by atoms with van der Waals surface area (Å²) in [6.45, 7) is 2.92. The number of nitrogens with one attached hydrogen (secondary N) is 11. The van der Waals surface area contributed by atoms with Gasteiger partial charge in [-0.15, -0.1) is 0 Å². The van der Waals surface area contributed by atoms with Crippen molar-refractivity contribution in [1.82, 2.24) is 52.8 Å². The second-order valence-electron chi connectivity index (χ2n) is 33.7. The molecule has 4 aromatic carbocycles. The SMILES string of the molecule is CNCCCCC(CC(=O)C1(NC(=O)C(CC(=O)C(Cc2ccc(OCCN)cc2)NC(=O)C2CSCCC(NC(=O)C(CCCCC(=N)N)NC(C)=O)C(=O)CC(CCC(N)=O)C(=O)NC(C(C)O)C(=O)NC(Cc3c[nH]c4ccccc34)C(=O)NC(CCC(N)=O)C(=O)C2)Cc2ccc3ccccc3c2)CCOCC1)C(=O)NC(CC(N)=O)C(=O)CC(CC(N)=O)C(N)=O. The normalized spacial score (nSPS) is 19.4. The van der Waals surface area contributed by atoms with Gasteiger partial charge in [-0.3, -0.25) is 91.7 Å². The molecule has 13 unspecified atom stereocenters. The van der Waals surface area contributed by atoms with Crippen molar-refractivity contribution < 1.29 is 101 Å². The molecule has 3 heterocycles. The summed E-state index contributed by atoms with van der Waals surface area (Å²) < 4.78 is 11.6. The molecule has 26 N–H and O–H groups in total. The number of amidine groups is 1. The number of carbonyl (C=O) groups excluding carboxylic acids is 18. The van der Waals surface area contributed by atoms with Gasteiger partial charge in [-0.1, -0.05) is 85.6 Å². The number of carbonyl (C=O) groups is 18. The molecule has 40 heteroatoms. The van der Waals surface area contributed by atoms with Gasteiger partial charge in [0.2, 0.25) is 76.8 Å². The van der Waals surface area contributed by atoms with Gasteiger partial charge in [0.05, 0.1) is 54.4 Å². The van der Waals surface area contributed by atoms with E-state index in [9.17, 15) is 57.8 Å². The fraction of sp³-hybridized carbons (Fsp3) is 0.527. The van der Waals surface area contributed by atoms with E-state index in [2.05, 4.69) is 52.8 Å². The summed E-state index contributed by atoms with van der Waals surface area (Å²) in [6, 6.07) is 14.8. The lowest BCUT2D eigenvalue weighted by atomic mass is 9.79. The highest BCUT2D eigenvalue weighted by Gasteiger charge is 2.46. The molecule has 0 bridgehead atoms. The lowest BCUT2D eigenvalue weighted by molar-refractivity contribution is -0.141. The maximum absolute atomic E-state index is 16.1. The summed E-state index contributed by atoms with van der Waals surface area (Å²) in [5.41, 5.74) is 39.4. The number of aromatic amines is 1. The first kappa shape index (κ1) is 106. The Kier molecular flexibility index (Phi) is 42.8. The lowest BCUT2D eigenvalue weighted by Gasteiger charge is -2.38. The first-order valence-electron chi connectivity index (χ1n) is 44.1. The van der Waals surface area contributed by atoms with Crippen LogP contribution in [0.1, 0.15) is 165 Å². The Morgan fingerprint density at radius 2 is 1.27 bits per heavy atom. The van der Waals surface area contributed by atoms with Crippen LogP contribution in [0.15, 0.2) is 97.2 Å². The van der Waals surface area contributed by atoms with Crippen molar-refractivity contribution in [3.05, 3.63) is 114 Å². The van der Waals surface area contributed by atoms with Crippen LogP contribution in [-0.4, -0.2) is 227 Å². The molecule has 712 valence electrons. The molecule has 2 aliphatic heterocycles. The van der Waals surface area contributed by atoms with Gasteiger partial charge in [-0.05, 0) is 130 Å². The summed E-state index contributed by atoms with van der Waals surface area (Å²) in [5.74, 6) is -23.6. The predicted octanol–water partition coefficient (Wildman–Crippen LogP) is -0.187. The number of H-pyrrole nitrogens is 1. The molecule has 39 nitrogen and oxygen atoms in total. The molecular weight excluding hydrogens is 1710 g/mol. The van der Waals surface area contributed by atoms with Crippen molar-refractivity contribution in [2.45, 2.75) is 222 Å². The Balaban J connectivity index is 1.34. The molecule has 13 amide bonds. The first-order valence-corrected chi connectivity index (χ1v) is 45.3. The van der Waals surface area contributed by atoms with E-state index in [-0.39, 0.29) is 108 Å². The maximum Gasteiger partial charge on any atom is 0.245 e. The minimum atomic E-state index is -1.90. The zero-order chi connectivity index (χ0) is 96.0. The van der Waals surface area contributed by atoms with Crippen LogP contribution in [0.25, 0.3) is 21.7 Å². The van der Waals surface area contributed by atoms with Crippen LogP contribution in [0, 0.1) is 35.0 Å². The van der Waals surface area contributed by atoms with Gasteiger partial charge in [-0.2, -0.15) is 11.8 Å². The van der Waals surface area contributed by atoms with Gasteiger partial charge in [-0.25, -0.2) is 0 Å². The van der Waals surface area contributed by atoms with Crippen LogP contribution < -0.4 is 92.7 Å². The number of aliphatic hydroxyl groups is 1. The highest BCUT2D eigenvalue weighted by atomic mass is 32.2. The zero-order valence-electron chi connectivity index (χ0n) is 74.2. The number of amides is 13. The second-order valence-corrected chi connectivity index (χ2v) is 34.8. The monoisotopic (exact) mass is 1840 g/mol. The molecule has 131 heavy (non-hydrogen) atoms. The van der Waals surface area contributed by atoms with Crippen LogP contribution in [-0.2, 0) is 110 Å². The average molecular weight is 1840 g/mol. The van der Waals surface area contributed by atoms with E-state index in [1.165, 1.54) is 0 Å². The standard InChI is InChI=1S/C91H126N18O21S/c1-51(110)82-90(128)107-71(41-61-49-101-65-16-7-6-15-64(61)65)89(127)103-66(26-28-79(96)118)73(113)45-62(50-131-37-29-67(72(112)42-58(85(123)108-82)23-27-78(95)117)104-88(126)68(102-52(2)111)17-8-9-18-77(93)94)86(124)105-69(40-53-20-24-63(25-21-53)130-36-32-92)75(115)44-60(39-54-19-22-55-12-4-5-13-56(55)38-54)87(125)109-91(30-34-129-35-31-91)76(116)46-57(14-10-11-33-100-3)84(122)106-70(48-81(98)120)74(114)43-59(83(99)121)47-80(97)119/h4-7,12-13,15-16,19-22,24-25,38,49,51,57-60,62,66-71,82,100-101,110H,8-11,14,17-18,23,26-37,39-48,50,92H2,1-3H3,(H3,93,94)(H2,95,117)(H2,96,118)(H2,97,119)(H2,98,120)(H2,99,121)(H,102,111)(H,103,127)(H,104,126)(H,105,124)(H,106,122)(H,107,128)(H,108,123)(H,109,125). The maximum atomic E-state index is 16.1. The number of hydrogen-bond acceptors (Lipinski definition) is 25. The van der Waals surface area contributed by atoms with Gasteiger partial charge in [0, 0.05) is 144 Å². The summed E-state index contributed by atoms with van der Waals surface area (Å²) in [6.07, 6.45) is -6.78. The number of primary amides is 5. The molecule has 0 spiro atoms. The van der Waals surface area contributed by atoms with E-state index in [4.69, 9.17) is 55.0 Å². The van der Waals surface area contributed by atoms with E-state index in [0.717, 1.165) is 36.4 Å². The van der Waals surface area contributed by atoms with E-state index in [1.54, 1.807) is 73.9 Å². The van der Waals surface area contributed by atoms with E-state index < -0.39 is 260 Å². The van der Waals surface area contributed by atoms with Crippen molar-refractivity contribution in [3.8, 4) is 5.75 Å². The van der Waals surface area contributed by atoms with Crippen LogP contribution in [0.3, 0.4) is 0 Å². The fourth-order valence-corrected chi connectivity index (χ4v) is 17.1. The molecule has 1 aromatic heterocycles. The Bertz CT molecular complexity index is 4880. The predicted molar refractivity (Wildman–Crippen MR) is 485 cm³/mol. The number of rotatable bonds is 49. The lowest BCUT2D eigenvalue weighted by Crippen LogP contribution is -2.59. The summed E-state index contributed by atoms with van der Waals surface area (Å²) >= 11 is 0.980. The molecule has 0 radical (unpaired) electrons. The molecule has 0 saturated carbocycles. The smallest absolute Gasteiger partial charge is 0.245 e. The van der Waals surface area contributed by atoms with Crippen molar-refractivity contribution >= 4 is 145 Å². The Morgan fingerprint density at radius 1 is 0.618 bits per heavy atom. The number of aromatic nitrogens is 1. The molecule has 5 aromatic rings. The third-order valence-electron chi connectivity index (χ3n) is 23.3. The molecule has 7 rings (SSSR count). The minimum absolute atomic E-state index is 0.00396. The highest BCUT2D eigenvalue weighted by Crippen LogP contribution is 2.32. The number of benzene rings is 4. The quantitative estimate of drug-likeness (QED) is 0.0136. The van der Waals surface area contributed by atoms with Crippen LogP contribution >= 0.6 is 11.8 Å². The topological polar surface area (TPSA) is 676 Å². The summed E-state index contributed by atoms with van der Waals surface area (Å²) in [5, 5.41) is 45.8. The van der Waals surface area contributed by atoms with Gasteiger partial charge >= 0.3 is 0 Å². The number of para-hydroxylation sites is 1. The second kappa shape index (κ2) is 53.1. The third kappa shape index (κ3) is 34.8. The first-order chi connectivity index (χ1) is 62.3. The van der Waals surface area contributed by atoms with Crippen LogP contribution in [0.5, 0.6) is 5.75 Å². The number of ether oxygens (including phenoxy) is 2. The average Bonchev–Trinajstić information content (AvgIpc) is 1.50. The number of fused-ring (bicyclic) bond motifs is 2. The zero-order valence-corrected chi connectivity index (χ0v) is 75.0. The number of ketones is 5. The van der Waals surface area contributed by atoms with Crippen molar-refractivity contribution in [2.24, 2.45) is 69.7 Å². The summed E-state index contributed by atoms with van der Waals surface area (Å²) in [7, 11) is 1.71. The number of hydrogen-bond donors (Lipinski definition) is 19. The van der Waals surface area contributed by atoms with Crippen LogP contribution in [0.4, 0.5) is 0 Å². The summed E-state index contributed by atoms with van der Waals surface area (Å²) in [4.78, 5) is 260. The van der Waals surface area contributed by atoms with E-state index >= 15 is 33.6 Å². The molecule has 13 atom stereocenters. The molecule has 2 fully saturated rings. The molecule has 2 saturated heterocycles. The number of thioether (sulfide) groups is 1. The Morgan fingerprint density at radius 3 is 1.92 bits per heavy atom. The number of Topliss-reactive ketones (excluding diaryl/α,β-unsaturated/α-hetero) is 5. The minimum Gasteiger partial charge on any atom is -0.492 e. The fourth-order valence-electron chi connectivity index (χ4n) is 15.9. The van der Waals surface area contributed by atoms with Crippen molar-refractivity contribution in [3.63, 3.8) is 0 Å². The number of unbranched alkanes of at least 4 members (excludes halogenated alkanes) is 2. The Hall–Kier alpha value is -12.4. The van der Waals surface area contributed by atoms with Crippen molar-refractivity contribution in [2.75, 3.05) is 51.5 Å². The van der Waals surface area contributed by atoms with Gasteiger partial charge in [0.1, 0.15) is 36.0 Å². The molecular formula is C91H126N18O21S.